The van der Waals surface area contributed by atoms with Gasteiger partial charge < -0.3 is 19.5 Å². The summed E-state index contributed by atoms with van der Waals surface area (Å²) in [6.07, 6.45) is 0. The lowest BCUT2D eigenvalue weighted by atomic mass is 10.1. The predicted octanol–water partition coefficient (Wildman–Crippen LogP) is 2.60. The summed E-state index contributed by atoms with van der Waals surface area (Å²) in [5.41, 5.74) is 1.10. The van der Waals surface area contributed by atoms with Gasteiger partial charge in [0.05, 0.1) is 21.3 Å². The molecule has 1 rings (SSSR count). The van der Waals surface area contributed by atoms with Gasteiger partial charge in [-0.25, -0.2) is 0 Å². The first-order valence-electron chi connectivity index (χ1n) is 5.95. The van der Waals surface area contributed by atoms with Gasteiger partial charge in [-0.3, -0.25) is 0 Å². The number of methoxy groups -OCH3 is 3. The highest BCUT2D eigenvalue weighted by Gasteiger charge is 2.17. The summed E-state index contributed by atoms with van der Waals surface area (Å²) in [7, 11) is 4.86. The molecule has 0 unspecified atom stereocenters. The fourth-order valence-electron chi connectivity index (χ4n) is 1.66. The summed E-state index contributed by atoms with van der Waals surface area (Å²) in [4.78, 5) is 0. The summed E-state index contributed by atoms with van der Waals surface area (Å²) >= 11 is 0. The summed E-state index contributed by atoms with van der Waals surface area (Å²) in [5.74, 6) is 2.02. The van der Waals surface area contributed by atoms with E-state index in [0.29, 0.717) is 23.8 Å². The van der Waals surface area contributed by atoms with Crippen LogP contribution in [0.1, 0.15) is 26.3 Å². The molecule has 1 aromatic rings. The van der Waals surface area contributed by atoms with Crippen molar-refractivity contribution in [3.8, 4) is 17.2 Å². The molecule has 4 heteroatoms. The van der Waals surface area contributed by atoms with E-state index in [4.69, 9.17) is 14.2 Å². The van der Waals surface area contributed by atoms with Crippen LogP contribution in [0.5, 0.6) is 17.2 Å². The van der Waals surface area contributed by atoms with E-state index in [0.717, 1.165) is 5.56 Å². The molecular formula is C14H23NO3. The molecule has 1 aromatic carbocycles. The molecule has 0 aliphatic carbocycles. The van der Waals surface area contributed by atoms with E-state index in [1.807, 2.05) is 12.1 Å². The van der Waals surface area contributed by atoms with E-state index in [1.165, 1.54) is 0 Å². The molecule has 102 valence electrons. The van der Waals surface area contributed by atoms with Crippen molar-refractivity contribution < 1.29 is 14.2 Å². The number of benzene rings is 1. The number of nitrogens with one attached hydrogen (secondary N) is 1. The average molecular weight is 253 g/mol. The van der Waals surface area contributed by atoms with Crippen molar-refractivity contribution in [3.63, 3.8) is 0 Å². The molecule has 0 atom stereocenters. The van der Waals surface area contributed by atoms with Gasteiger partial charge in [-0.1, -0.05) is 6.07 Å². The first-order chi connectivity index (χ1) is 8.42. The molecule has 0 heterocycles. The van der Waals surface area contributed by atoms with Crippen LogP contribution in [0.4, 0.5) is 0 Å². The van der Waals surface area contributed by atoms with Crippen LogP contribution < -0.4 is 19.5 Å². The molecule has 18 heavy (non-hydrogen) atoms. The van der Waals surface area contributed by atoms with Crippen molar-refractivity contribution in [2.75, 3.05) is 21.3 Å². The monoisotopic (exact) mass is 253 g/mol. The van der Waals surface area contributed by atoms with Crippen molar-refractivity contribution in [2.24, 2.45) is 0 Å². The first-order valence-corrected chi connectivity index (χ1v) is 5.95. The molecule has 0 saturated carbocycles. The van der Waals surface area contributed by atoms with Gasteiger partial charge in [0.1, 0.15) is 0 Å². The lowest BCUT2D eigenvalue weighted by Crippen LogP contribution is -2.35. The number of rotatable bonds is 5. The molecule has 0 aliphatic rings. The molecule has 0 radical (unpaired) electrons. The Labute approximate surface area is 109 Å². The Bertz CT molecular complexity index is 397. The Morgan fingerprint density at radius 1 is 0.944 bits per heavy atom. The largest absolute Gasteiger partial charge is 0.493 e. The zero-order valence-corrected chi connectivity index (χ0v) is 12.1. The van der Waals surface area contributed by atoms with Crippen LogP contribution in [0.2, 0.25) is 0 Å². The van der Waals surface area contributed by atoms with Gasteiger partial charge in [0.25, 0.3) is 0 Å². The van der Waals surface area contributed by atoms with Gasteiger partial charge in [-0.05, 0) is 26.8 Å². The van der Waals surface area contributed by atoms with E-state index >= 15 is 0 Å². The van der Waals surface area contributed by atoms with Crippen molar-refractivity contribution in [3.05, 3.63) is 17.7 Å². The molecule has 0 saturated heterocycles. The highest BCUT2D eigenvalue weighted by Crippen LogP contribution is 2.39. The number of hydrogen-bond donors (Lipinski definition) is 1. The zero-order valence-electron chi connectivity index (χ0n) is 12.1. The Balaban J connectivity index is 3.05. The van der Waals surface area contributed by atoms with Crippen molar-refractivity contribution >= 4 is 0 Å². The smallest absolute Gasteiger partial charge is 0.203 e. The Morgan fingerprint density at radius 3 is 2.00 bits per heavy atom. The Hall–Kier alpha value is -1.42. The number of ether oxygens (including phenoxy) is 3. The SMILES string of the molecule is COc1ccc(CNC(C)(C)C)c(OC)c1OC. The third-order valence-corrected chi connectivity index (χ3v) is 2.59. The molecule has 0 bridgehead atoms. The minimum atomic E-state index is 0.0537. The maximum absolute atomic E-state index is 5.43. The minimum absolute atomic E-state index is 0.0537. The topological polar surface area (TPSA) is 39.7 Å². The lowest BCUT2D eigenvalue weighted by Gasteiger charge is -2.22. The Kier molecular flexibility index (Phi) is 4.84. The first kappa shape index (κ1) is 14.6. The fraction of sp³-hybridized carbons (Fsp3) is 0.571. The third kappa shape index (κ3) is 3.53. The summed E-state index contributed by atoms with van der Waals surface area (Å²) in [6.45, 7) is 7.09. The van der Waals surface area contributed by atoms with Crippen LogP contribution in [-0.4, -0.2) is 26.9 Å². The second-order valence-corrected chi connectivity index (χ2v) is 5.10. The van der Waals surface area contributed by atoms with Gasteiger partial charge in [-0.2, -0.15) is 0 Å². The van der Waals surface area contributed by atoms with Crippen molar-refractivity contribution in [2.45, 2.75) is 32.9 Å². The van der Waals surface area contributed by atoms with Crippen LogP contribution in [-0.2, 0) is 6.54 Å². The average Bonchev–Trinajstić information content (AvgIpc) is 2.33. The van der Waals surface area contributed by atoms with Crippen LogP contribution in [0.15, 0.2) is 12.1 Å². The Morgan fingerprint density at radius 2 is 1.56 bits per heavy atom. The molecule has 0 amide bonds. The van der Waals surface area contributed by atoms with Gasteiger partial charge in [-0.15, -0.1) is 0 Å². The lowest BCUT2D eigenvalue weighted by molar-refractivity contribution is 0.320. The molecule has 1 N–H and O–H groups in total. The standard InChI is InChI=1S/C14H23NO3/c1-14(2,3)15-9-10-7-8-11(16-4)13(18-6)12(10)17-5/h7-8,15H,9H2,1-6H3. The van der Waals surface area contributed by atoms with E-state index in [-0.39, 0.29) is 5.54 Å². The maximum atomic E-state index is 5.43. The quantitative estimate of drug-likeness (QED) is 0.875. The van der Waals surface area contributed by atoms with E-state index in [2.05, 4.69) is 26.1 Å². The van der Waals surface area contributed by atoms with E-state index in [1.54, 1.807) is 21.3 Å². The van der Waals surface area contributed by atoms with Crippen molar-refractivity contribution in [1.82, 2.24) is 5.32 Å². The maximum Gasteiger partial charge on any atom is 0.203 e. The zero-order chi connectivity index (χ0) is 13.8. The summed E-state index contributed by atoms with van der Waals surface area (Å²) < 4.78 is 16.0. The fourth-order valence-corrected chi connectivity index (χ4v) is 1.66. The molecule has 4 nitrogen and oxygen atoms in total. The molecule has 0 fully saturated rings. The normalized spacial score (nSPS) is 11.2. The second kappa shape index (κ2) is 5.96. The summed E-state index contributed by atoms with van der Waals surface area (Å²) in [5, 5.41) is 3.43. The van der Waals surface area contributed by atoms with Gasteiger partial charge in [0.15, 0.2) is 11.5 Å². The molecular weight excluding hydrogens is 230 g/mol. The van der Waals surface area contributed by atoms with E-state index < -0.39 is 0 Å². The predicted molar refractivity (Wildman–Crippen MR) is 72.7 cm³/mol. The van der Waals surface area contributed by atoms with Crippen LogP contribution in [0.25, 0.3) is 0 Å². The van der Waals surface area contributed by atoms with Gasteiger partial charge in [0.2, 0.25) is 5.75 Å². The second-order valence-electron chi connectivity index (χ2n) is 5.10. The van der Waals surface area contributed by atoms with Crippen LogP contribution >= 0.6 is 0 Å². The highest BCUT2D eigenvalue weighted by atomic mass is 16.5. The molecule has 0 aliphatic heterocycles. The third-order valence-electron chi connectivity index (χ3n) is 2.59. The van der Waals surface area contributed by atoms with E-state index in [9.17, 15) is 0 Å². The minimum Gasteiger partial charge on any atom is -0.493 e. The van der Waals surface area contributed by atoms with Crippen molar-refractivity contribution in [1.29, 1.82) is 0 Å². The van der Waals surface area contributed by atoms with Gasteiger partial charge >= 0.3 is 0 Å². The summed E-state index contributed by atoms with van der Waals surface area (Å²) in [6, 6.07) is 3.87. The molecule has 0 spiro atoms. The van der Waals surface area contributed by atoms with Crippen LogP contribution in [0, 0.1) is 0 Å². The van der Waals surface area contributed by atoms with Crippen LogP contribution in [0.3, 0.4) is 0 Å². The highest BCUT2D eigenvalue weighted by molar-refractivity contribution is 5.55. The van der Waals surface area contributed by atoms with Gasteiger partial charge in [0, 0.05) is 17.6 Å². The number of hydrogen-bond acceptors (Lipinski definition) is 4. The molecule has 0 aromatic heterocycles.